The van der Waals surface area contributed by atoms with Gasteiger partial charge in [-0.2, -0.15) is 18.3 Å². The Hall–Kier alpha value is -3.41. The van der Waals surface area contributed by atoms with Crippen LogP contribution in [-0.4, -0.2) is 49.4 Å². The molecule has 2 aromatic heterocycles. The largest absolute Gasteiger partial charge is 0.435 e. The van der Waals surface area contributed by atoms with E-state index >= 15 is 0 Å². The first kappa shape index (κ1) is 21.8. The standard InChI is InChI=1S/C19H17ClF3N7O2/c1-28-15-8-14(19(21,22)23)26-30(15)7-6-13(18(28)32)25-17(31)16-24-10-29(27-16)9-11-4-2-3-5-12(11)20/h2-5,8,10,13H,6-7,9H2,1H3,(H,25,31)/t13-/m0/s1. The van der Waals surface area contributed by atoms with Crippen molar-refractivity contribution in [2.75, 3.05) is 11.9 Å². The topological polar surface area (TPSA) is 97.9 Å². The van der Waals surface area contributed by atoms with E-state index < -0.39 is 29.7 Å². The normalized spacial score (nSPS) is 16.6. The second-order valence-electron chi connectivity index (χ2n) is 7.18. The Labute approximate surface area is 184 Å². The first-order valence-electron chi connectivity index (χ1n) is 9.50. The number of carbonyl (C=O) groups is 2. The second kappa shape index (κ2) is 8.26. The highest BCUT2D eigenvalue weighted by atomic mass is 35.5. The molecule has 1 aliphatic rings. The van der Waals surface area contributed by atoms with Gasteiger partial charge in [0.15, 0.2) is 5.69 Å². The number of carbonyl (C=O) groups excluding carboxylic acids is 2. The molecule has 0 unspecified atom stereocenters. The molecule has 13 heteroatoms. The van der Waals surface area contributed by atoms with Crippen molar-refractivity contribution in [1.29, 1.82) is 0 Å². The Morgan fingerprint density at radius 1 is 1.28 bits per heavy atom. The maximum absolute atomic E-state index is 12.9. The molecule has 0 saturated carbocycles. The van der Waals surface area contributed by atoms with Gasteiger partial charge in [-0.1, -0.05) is 29.8 Å². The summed E-state index contributed by atoms with van der Waals surface area (Å²) in [5, 5.41) is 10.8. The Morgan fingerprint density at radius 2 is 2.03 bits per heavy atom. The maximum Gasteiger partial charge on any atom is 0.435 e. The molecule has 0 bridgehead atoms. The van der Waals surface area contributed by atoms with E-state index in [1.807, 2.05) is 12.1 Å². The van der Waals surface area contributed by atoms with Gasteiger partial charge in [0.25, 0.3) is 11.8 Å². The summed E-state index contributed by atoms with van der Waals surface area (Å²) in [6.45, 7) is 0.314. The van der Waals surface area contributed by atoms with Crippen molar-refractivity contribution >= 4 is 29.2 Å². The number of amides is 2. The van der Waals surface area contributed by atoms with Gasteiger partial charge in [0.1, 0.15) is 18.2 Å². The third-order valence-electron chi connectivity index (χ3n) is 4.99. The maximum atomic E-state index is 12.9. The number of hydrogen-bond acceptors (Lipinski definition) is 5. The van der Waals surface area contributed by atoms with Crippen molar-refractivity contribution in [1.82, 2.24) is 29.9 Å². The van der Waals surface area contributed by atoms with Gasteiger partial charge >= 0.3 is 6.18 Å². The van der Waals surface area contributed by atoms with Crippen molar-refractivity contribution in [3.05, 3.63) is 58.8 Å². The van der Waals surface area contributed by atoms with E-state index in [0.29, 0.717) is 11.6 Å². The number of nitrogens with one attached hydrogen (secondary N) is 1. The van der Waals surface area contributed by atoms with Gasteiger partial charge in [0.2, 0.25) is 5.82 Å². The summed E-state index contributed by atoms with van der Waals surface area (Å²) >= 11 is 6.13. The molecule has 0 aliphatic carbocycles. The molecule has 32 heavy (non-hydrogen) atoms. The third kappa shape index (κ3) is 4.31. The zero-order valence-corrected chi connectivity index (χ0v) is 17.4. The van der Waals surface area contributed by atoms with E-state index in [1.165, 1.54) is 18.1 Å². The summed E-state index contributed by atoms with van der Waals surface area (Å²) in [6, 6.07) is 7.00. The van der Waals surface area contributed by atoms with Crippen LogP contribution < -0.4 is 10.2 Å². The molecule has 1 aromatic carbocycles. The number of alkyl halides is 3. The van der Waals surface area contributed by atoms with Gasteiger partial charge in [0.05, 0.1) is 6.54 Å². The predicted molar refractivity (Wildman–Crippen MR) is 107 cm³/mol. The van der Waals surface area contributed by atoms with E-state index in [0.717, 1.165) is 21.2 Å². The lowest BCUT2D eigenvalue weighted by Crippen LogP contribution is -2.47. The van der Waals surface area contributed by atoms with E-state index in [4.69, 9.17) is 11.6 Å². The molecule has 1 atom stereocenters. The Balaban J connectivity index is 1.45. The van der Waals surface area contributed by atoms with Crippen molar-refractivity contribution in [2.24, 2.45) is 0 Å². The summed E-state index contributed by atoms with van der Waals surface area (Å²) in [6.07, 6.45) is -3.19. The van der Waals surface area contributed by atoms with Crippen LogP contribution in [0.2, 0.25) is 5.02 Å². The highest BCUT2D eigenvalue weighted by Gasteiger charge is 2.38. The number of rotatable bonds is 4. The molecule has 0 radical (unpaired) electrons. The Morgan fingerprint density at radius 3 is 2.75 bits per heavy atom. The van der Waals surface area contributed by atoms with Crippen LogP contribution in [0, 0.1) is 0 Å². The van der Waals surface area contributed by atoms with Crippen LogP contribution in [0.3, 0.4) is 0 Å². The van der Waals surface area contributed by atoms with Crippen LogP contribution in [0.25, 0.3) is 0 Å². The molecule has 0 spiro atoms. The van der Waals surface area contributed by atoms with E-state index in [-0.39, 0.29) is 24.6 Å². The predicted octanol–water partition coefficient (Wildman–Crippen LogP) is 2.36. The van der Waals surface area contributed by atoms with E-state index in [9.17, 15) is 22.8 Å². The van der Waals surface area contributed by atoms with Gasteiger partial charge in [-0.3, -0.25) is 14.5 Å². The molecule has 1 N–H and O–H groups in total. The molecule has 2 amide bonds. The summed E-state index contributed by atoms with van der Waals surface area (Å²) in [7, 11) is 1.33. The minimum absolute atomic E-state index is 0.00113. The Kier molecular flexibility index (Phi) is 5.63. The van der Waals surface area contributed by atoms with Crippen LogP contribution in [0.15, 0.2) is 36.7 Å². The van der Waals surface area contributed by atoms with Gasteiger partial charge in [-0.05, 0) is 18.1 Å². The average Bonchev–Trinajstić information content (AvgIpc) is 3.36. The van der Waals surface area contributed by atoms with Gasteiger partial charge in [-0.25, -0.2) is 14.3 Å². The van der Waals surface area contributed by atoms with Gasteiger partial charge < -0.3 is 5.32 Å². The number of nitrogens with zero attached hydrogens (tertiary/aromatic N) is 6. The summed E-state index contributed by atoms with van der Waals surface area (Å²) in [5.41, 5.74) is -0.290. The number of likely N-dealkylation sites (N-methyl/N-ethyl adjacent to an activating group) is 1. The van der Waals surface area contributed by atoms with Gasteiger partial charge in [0, 0.05) is 24.7 Å². The number of aryl methyl sites for hydroxylation is 1. The molecule has 4 rings (SSSR count). The van der Waals surface area contributed by atoms with Crippen LogP contribution in [0.4, 0.5) is 19.0 Å². The van der Waals surface area contributed by atoms with Crippen LogP contribution in [0.5, 0.6) is 0 Å². The lowest BCUT2D eigenvalue weighted by Gasteiger charge is -2.19. The molecule has 0 fully saturated rings. The first-order chi connectivity index (χ1) is 15.1. The van der Waals surface area contributed by atoms with Crippen molar-refractivity contribution < 1.29 is 22.8 Å². The van der Waals surface area contributed by atoms with E-state index in [2.05, 4.69) is 20.5 Å². The van der Waals surface area contributed by atoms with Crippen LogP contribution in [-0.2, 0) is 24.1 Å². The first-order valence-corrected chi connectivity index (χ1v) is 9.87. The molecular weight excluding hydrogens is 451 g/mol. The smallest absolute Gasteiger partial charge is 0.337 e. The monoisotopic (exact) mass is 467 g/mol. The van der Waals surface area contributed by atoms with Gasteiger partial charge in [-0.15, -0.1) is 5.10 Å². The fourth-order valence-electron chi connectivity index (χ4n) is 3.33. The van der Waals surface area contributed by atoms with Crippen LogP contribution in [0.1, 0.15) is 28.3 Å². The van der Waals surface area contributed by atoms with Crippen LogP contribution >= 0.6 is 11.6 Å². The highest BCUT2D eigenvalue weighted by Crippen LogP contribution is 2.32. The second-order valence-corrected chi connectivity index (χ2v) is 7.59. The zero-order chi connectivity index (χ0) is 23.0. The quantitative estimate of drug-likeness (QED) is 0.635. The molecule has 9 nitrogen and oxygen atoms in total. The summed E-state index contributed by atoms with van der Waals surface area (Å²) < 4.78 is 41.4. The SMILES string of the molecule is CN1C(=O)[C@@H](NC(=O)c2ncn(Cc3ccccc3Cl)n2)CCn2nc(C(F)(F)F)cc21. The zero-order valence-electron chi connectivity index (χ0n) is 16.7. The number of aromatic nitrogens is 5. The molecular formula is C19H17ClF3N7O2. The minimum Gasteiger partial charge on any atom is -0.337 e. The third-order valence-corrected chi connectivity index (χ3v) is 5.35. The molecule has 3 aromatic rings. The molecule has 168 valence electrons. The van der Waals surface area contributed by atoms with Crippen molar-refractivity contribution in [2.45, 2.75) is 31.7 Å². The molecule has 0 saturated heterocycles. The lowest BCUT2D eigenvalue weighted by molar-refractivity contribution is -0.141. The molecule has 3 heterocycles. The Bertz CT molecular complexity index is 1170. The van der Waals surface area contributed by atoms with Crippen molar-refractivity contribution in [3.63, 3.8) is 0 Å². The van der Waals surface area contributed by atoms with Crippen molar-refractivity contribution in [3.8, 4) is 0 Å². The number of hydrogen-bond donors (Lipinski definition) is 1. The fraction of sp³-hybridized carbons (Fsp3) is 0.316. The number of halogens is 4. The minimum atomic E-state index is -4.62. The summed E-state index contributed by atoms with van der Waals surface area (Å²) in [5.74, 6) is -1.39. The number of benzene rings is 1. The number of fused-ring (bicyclic) bond motifs is 1. The average molecular weight is 468 g/mol. The molecule has 1 aliphatic heterocycles. The highest BCUT2D eigenvalue weighted by molar-refractivity contribution is 6.31. The fourth-order valence-corrected chi connectivity index (χ4v) is 3.53. The number of anilines is 1. The summed E-state index contributed by atoms with van der Waals surface area (Å²) in [4.78, 5) is 30.4. The lowest BCUT2D eigenvalue weighted by atomic mass is 10.2. The van der Waals surface area contributed by atoms with E-state index in [1.54, 1.807) is 12.1 Å².